The minimum absolute atomic E-state index is 0.0845. The third-order valence-electron chi connectivity index (χ3n) is 10.8. The molecule has 5 aliphatic heterocycles. The van der Waals surface area contributed by atoms with Gasteiger partial charge in [-0.3, -0.25) is 19.6 Å². The number of nitrogen functional groups attached to an aromatic ring is 1. The highest BCUT2D eigenvalue weighted by atomic mass is 16.5. The number of allylic oxidation sites excluding steroid dienone is 2. The summed E-state index contributed by atoms with van der Waals surface area (Å²) >= 11 is 0. The molecular weight excluding hydrogens is 697 g/mol. The Hall–Kier alpha value is -6.56. The minimum Gasteiger partial charge on any atom is -0.493 e. The number of fused-ring (bicyclic) bond motifs is 6. The number of anilines is 1. The van der Waals surface area contributed by atoms with E-state index < -0.39 is 0 Å². The number of nitrogens with one attached hydrogen (secondary N) is 1. The fourth-order valence-electron chi connectivity index (χ4n) is 7.89. The second kappa shape index (κ2) is 14.0. The first-order valence-electron chi connectivity index (χ1n) is 18.3. The third kappa shape index (κ3) is 6.43. The Bertz CT molecular complexity index is 2350. The number of amides is 2. The third-order valence-corrected chi connectivity index (χ3v) is 10.8. The van der Waals surface area contributed by atoms with Crippen LogP contribution in [0.4, 0.5) is 17.1 Å². The van der Waals surface area contributed by atoms with Crippen LogP contribution in [-0.4, -0.2) is 79.6 Å². The molecule has 0 saturated carbocycles. The summed E-state index contributed by atoms with van der Waals surface area (Å²) in [6.45, 7) is 1.47. The highest BCUT2D eigenvalue weighted by molar-refractivity contribution is 6.04. The van der Waals surface area contributed by atoms with Crippen molar-refractivity contribution < 1.29 is 28.5 Å². The lowest BCUT2D eigenvalue weighted by Gasteiger charge is -2.34. The molecule has 3 N–H and O–H groups in total. The van der Waals surface area contributed by atoms with E-state index in [0.717, 1.165) is 23.2 Å². The second-order valence-electron chi connectivity index (χ2n) is 14.2. The standard InChI is InChI=1S/C43H40N6O6/c1-52-38-15-34-36(45-19-32-13-25-6-3-4-7-27(25)21-48(32)42(34)50)17-40(38)54-23-30-8-5-9-31(47-30)24-55-41-18-37-35(16-39(41)53-2)43(51)49-22-28-12-29(44)11-10-26(28)14-33(49)20-46-37/h3-12,15-20,31-33,47H,13-14,21-24,44H2,1-2H3/t31?,32-,33?/m0/s1. The van der Waals surface area contributed by atoms with Crippen LogP contribution in [0.25, 0.3) is 0 Å². The molecule has 12 nitrogen and oxygen atoms in total. The number of hydrogen-bond donors (Lipinski definition) is 2. The van der Waals surface area contributed by atoms with Gasteiger partial charge in [-0.25, -0.2) is 0 Å². The van der Waals surface area contributed by atoms with Crippen LogP contribution in [0, 0.1) is 0 Å². The molecule has 0 radical (unpaired) electrons. The molecular formula is C43H40N6O6. The van der Waals surface area contributed by atoms with Crippen molar-refractivity contribution in [2.75, 3.05) is 33.2 Å². The van der Waals surface area contributed by atoms with E-state index in [-0.39, 0.29) is 43.2 Å². The SMILES string of the molecule is COc1cc2c(cc1OCC1=CC=CC(COc3cc4c(cc3OC)C(=O)N3Cc5cc(N)ccc5CC3C=N4)N1)N=C[C@@H]1Cc3ccccc3CN1C2=O. The van der Waals surface area contributed by atoms with Gasteiger partial charge in [0, 0.05) is 49.0 Å². The summed E-state index contributed by atoms with van der Waals surface area (Å²) in [7, 11) is 3.12. The fourth-order valence-corrected chi connectivity index (χ4v) is 7.89. The Morgan fingerprint density at radius 1 is 0.727 bits per heavy atom. The molecule has 4 aromatic carbocycles. The van der Waals surface area contributed by atoms with Crippen LogP contribution < -0.4 is 30.0 Å². The topological polar surface area (TPSA) is 140 Å². The molecule has 2 amide bonds. The number of carbonyl (C=O) groups excluding carboxylic acids is 2. The average Bonchev–Trinajstić information content (AvgIpc) is 3.42. The van der Waals surface area contributed by atoms with Gasteiger partial charge in [-0.05, 0) is 65.4 Å². The Labute approximate surface area is 318 Å². The number of aliphatic imine (C=N–C) groups is 2. The van der Waals surface area contributed by atoms with E-state index in [1.807, 2.05) is 70.8 Å². The maximum absolute atomic E-state index is 13.8. The Kier molecular flexibility index (Phi) is 8.72. The van der Waals surface area contributed by atoms with Gasteiger partial charge in [0.15, 0.2) is 23.0 Å². The first-order valence-corrected chi connectivity index (χ1v) is 18.3. The Balaban J connectivity index is 0.861. The molecule has 5 heterocycles. The predicted molar refractivity (Wildman–Crippen MR) is 209 cm³/mol. The lowest BCUT2D eigenvalue weighted by molar-refractivity contribution is 0.0696. The van der Waals surface area contributed by atoms with E-state index >= 15 is 0 Å². The predicted octanol–water partition coefficient (Wildman–Crippen LogP) is 5.72. The zero-order chi connectivity index (χ0) is 37.6. The molecule has 0 aromatic heterocycles. The summed E-state index contributed by atoms with van der Waals surface area (Å²) in [5.41, 5.74) is 14.2. The van der Waals surface area contributed by atoms with Crippen LogP contribution in [0.1, 0.15) is 43.0 Å². The molecule has 0 saturated heterocycles. The van der Waals surface area contributed by atoms with E-state index in [9.17, 15) is 9.59 Å². The molecule has 0 fully saturated rings. The Morgan fingerprint density at radius 2 is 1.33 bits per heavy atom. The molecule has 9 rings (SSSR count). The first kappa shape index (κ1) is 34.2. The number of methoxy groups -OCH3 is 2. The molecule has 278 valence electrons. The van der Waals surface area contributed by atoms with Crippen molar-refractivity contribution >= 4 is 41.3 Å². The molecule has 0 aliphatic carbocycles. The Morgan fingerprint density at radius 3 is 1.98 bits per heavy atom. The van der Waals surface area contributed by atoms with Gasteiger partial charge in [-0.1, -0.05) is 42.5 Å². The highest BCUT2D eigenvalue weighted by Crippen LogP contribution is 2.40. The van der Waals surface area contributed by atoms with Gasteiger partial charge in [0.05, 0.1) is 54.8 Å². The number of carbonyl (C=O) groups is 2. The largest absolute Gasteiger partial charge is 0.493 e. The molecule has 5 aliphatic rings. The van der Waals surface area contributed by atoms with Gasteiger partial charge in [0.2, 0.25) is 0 Å². The fraction of sp³-hybridized carbons (Fsp3) is 0.256. The van der Waals surface area contributed by atoms with Crippen LogP contribution in [0.15, 0.2) is 101 Å². The van der Waals surface area contributed by atoms with Crippen molar-refractivity contribution in [2.24, 2.45) is 9.98 Å². The van der Waals surface area contributed by atoms with Gasteiger partial charge >= 0.3 is 0 Å². The molecule has 0 bridgehead atoms. The molecule has 0 spiro atoms. The van der Waals surface area contributed by atoms with Crippen LogP contribution in [0.2, 0.25) is 0 Å². The monoisotopic (exact) mass is 736 g/mol. The summed E-state index contributed by atoms with van der Waals surface area (Å²) < 4.78 is 24.0. The van der Waals surface area contributed by atoms with Crippen molar-refractivity contribution in [3.05, 3.63) is 124 Å². The second-order valence-corrected chi connectivity index (χ2v) is 14.2. The lowest BCUT2D eigenvalue weighted by Crippen LogP contribution is -2.44. The van der Waals surface area contributed by atoms with Crippen LogP contribution >= 0.6 is 0 Å². The quantitative estimate of drug-likeness (QED) is 0.219. The van der Waals surface area contributed by atoms with Crippen molar-refractivity contribution in [3.8, 4) is 23.0 Å². The van der Waals surface area contributed by atoms with E-state index in [4.69, 9.17) is 34.7 Å². The minimum atomic E-state index is -0.185. The summed E-state index contributed by atoms with van der Waals surface area (Å²) in [5.74, 6) is 1.65. The number of hydrogen-bond acceptors (Lipinski definition) is 10. The van der Waals surface area contributed by atoms with E-state index in [1.165, 1.54) is 11.1 Å². The summed E-state index contributed by atoms with van der Waals surface area (Å²) in [5, 5.41) is 3.47. The van der Waals surface area contributed by atoms with Gasteiger partial charge < -0.3 is 39.8 Å². The van der Waals surface area contributed by atoms with Crippen molar-refractivity contribution in [3.63, 3.8) is 0 Å². The molecule has 4 aromatic rings. The number of nitrogens with zero attached hydrogens (tertiary/aromatic N) is 4. The maximum atomic E-state index is 13.8. The maximum Gasteiger partial charge on any atom is 0.257 e. The molecule has 55 heavy (non-hydrogen) atoms. The average molecular weight is 737 g/mol. The smallest absolute Gasteiger partial charge is 0.257 e. The lowest BCUT2D eigenvalue weighted by atomic mass is 9.93. The number of benzene rings is 4. The van der Waals surface area contributed by atoms with Crippen molar-refractivity contribution in [1.82, 2.24) is 15.1 Å². The first-order chi connectivity index (χ1) is 26.8. The number of ether oxygens (including phenoxy) is 4. The number of dihydropyridines is 1. The van der Waals surface area contributed by atoms with Crippen molar-refractivity contribution in [2.45, 2.75) is 44.1 Å². The summed E-state index contributed by atoms with van der Waals surface area (Å²) in [6, 6.07) is 20.6. The summed E-state index contributed by atoms with van der Waals surface area (Å²) in [6.07, 6.45) is 11.0. The van der Waals surface area contributed by atoms with Gasteiger partial charge in [-0.2, -0.15) is 0 Å². The van der Waals surface area contributed by atoms with Crippen LogP contribution in [-0.2, 0) is 25.9 Å². The normalized spacial score (nSPS) is 20.3. The van der Waals surface area contributed by atoms with Crippen LogP contribution in [0.3, 0.4) is 0 Å². The van der Waals surface area contributed by atoms with E-state index in [1.54, 1.807) is 38.5 Å². The van der Waals surface area contributed by atoms with E-state index in [0.29, 0.717) is 70.7 Å². The molecule has 3 atom stereocenters. The van der Waals surface area contributed by atoms with Gasteiger partial charge in [0.1, 0.15) is 13.2 Å². The number of nitrogens with two attached hydrogens (primary N) is 1. The van der Waals surface area contributed by atoms with Crippen LogP contribution in [0.5, 0.6) is 23.0 Å². The molecule has 2 unspecified atom stereocenters. The van der Waals surface area contributed by atoms with Gasteiger partial charge in [0.25, 0.3) is 11.8 Å². The zero-order valence-corrected chi connectivity index (χ0v) is 30.5. The zero-order valence-electron chi connectivity index (χ0n) is 30.5. The summed E-state index contributed by atoms with van der Waals surface area (Å²) in [4.78, 5) is 40.8. The van der Waals surface area contributed by atoms with Gasteiger partial charge in [-0.15, -0.1) is 0 Å². The molecule has 12 heteroatoms. The number of rotatable bonds is 8. The van der Waals surface area contributed by atoms with E-state index in [2.05, 4.69) is 17.4 Å². The highest BCUT2D eigenvalue weighted by Gasteiger charge is 2.35. The van der Waals surface area contributed by atoms with Crippen molar-refractivity contribution in [1.29, 1.82) is 0 Å².